The van der Waals surface area contributed by atoms with Crippen molar-refractivity contribution in [2.24, 2.45) is 11.8 Å². The number of carbonyl (C=O) groups is 2. The molecule has 0 radical (unpaired) electrons. The van der Waals surface area contributed by atoms with Gasteiger partial charge in [-0.3, -0.25) is 9.59 Å². The first-order chi connectivity index (χ1) is 9.56. The van der Waals surface area contributed by atoms with E-state index in [-0.39, 0.29) is 23.7 Å². The fourth-order valence-electron chi connectivity index (χ4n) is 2.00. The maximum Gasteiger partial charge on any atom is 0.226 e. The number of carbonyl (C=O) groups excluding carboxylic acids is 2. The third-order valence-electron chi connectivity index (χ3n) is 3.69. The summed E-state index contributed by atoms with van der Waals surface area (Å²) in [6, 6.07) is 7.59. The molecule has 0 atom stereocenters. The van der Waals surface area contributed by atoms with E-state index in [1.165, 1.54) is 6.42 Å². The second-order valence-corrected chi connectivity index (χ2v) is 5.69. The molecule has 0 unspecified atom stereocenters. The van der Waals surface area contributed by atoms with Crippen molar-refractivity contribution in [3.05, 3.63) is 29.8 Å². The molecule has 2 amide bonds. The summed E-state index contributed by atoms with van der Waals surface area (Å²) in [6.07, 6.45) is 3.21. The highest BCUT2D eigenvalue weighted by Crippen LogP contribution is 2.26. The molecule has 1 aromatic rings. The normalized spacial score (nSPS) is 14.8. The minimum absolute atomic E-state index is 0.0102. The van der Waals surface area contributed by atoms with Gasteiger partial charge in [-0.1, -0.05) is 32.4 Å². The first-order valence-corrected chi connectivity index (χ1v) is 7.24. The molecule has 2 rings (SSSR count). The van der Waals surface area contributed by atoms with Crippen LogP contribution >= 0.6 is 0 Å². The third kappa shape index (κ3) is 3.83. The van der Waals surface area contributed by atoms with E-state index in [0.717, 1.165) is 24.1 Å². The second kappa shape index (κ2) is 6.55. The number of benzene rings is 1. The largest absolute Gasteiger partial charge is 0.352 e. The topological polar surface area (TPSA) is 58.2 Å². The van der Waals surface area contributed by atoms with Gasteiger partial charge in [0.15, 0.2) is 0 Å². The van der Waals surface area contributed by atoms with Gasteiger partial charge in [0.25, 0.3) is 0 Å². The van der Waals surface area contributed by atoms with E-state index >= 15 is 0 Å². The number of rotatable bonds is 5. The van der Waals surface area contributed by atoms with Crippen LogP contribution in [0, 0.1) is 11.8 Å². The van der Waals surface area contributed by atoms with Crippen LogP contribution in [-0.2, 0) is 16.1 Å². The molecule has 4 heteroatoms. The summed E-state index contributed by atoms with van der Waals surface area (Å²) >= 11 is 0. The van der Waals surface area contributed by atoms with Crippen molar-refractivity contribution < 1.29 is 9.59 Å². The Labute approximate surface area is 119 Å². The van der Waals surface area contributed by atoms with Crippen LogP contribution in [-0.4, -0.2) is 11.8 Å². The summed E-state index contributed by atoms with van der Waals surface area (Å²) < 4.78 is 0. The van der Waals surface area contributed by atoms with E-state index in [0.29, 0.717) is 6.54 Å². The van der Waals surface area contributed by atoms with Crippen LogP contribution in [0.5, 0.6) is 0 Å². The van der Waals surface area contributed by atoms with Gasteiger partial charge < -0.3 is 10.6 Å². The van der Waals surface area contributed by atoms with Crippen molar-refractivity contribution in [1.82, 2.24) is 5.32 Å². The summed E-state index contributed by atoms with van der Waals surface area (Å²) in [7, 11) is 0. The quantitative estimate of drug-likeness (QED) is 0.867. The van der Waals surface area contributed by atoms with Gasteiger partial charge >= 0.3 is 0 Å². The van der Waals surface area contributed by atoms with Crippen molar-refractivity contribution in [1.29, 1.82) is 0 Å². The number of hydrogen-bond donors (Lipinski definition) is 2. The monoisotopic (exact) mass is 274 g/mol. The number of nitrogens with one attached hydrogen (secondary N) is 2. The maximum absolute atomic E-state index is 11.7. The Balaban J connectivity index is 1.81. The molecule has 2 N–H and O–H groups in total. The predicted molar refractivity (Wildman–Crippen MR) is 79.1 cm³/mol. The average molecular weight is 274 g/mol. The van der Waals surface area contributed by atoms with Gasteiger partial charge in [0.2, 0.25) is 11.8 Å². The molecule has 0 aromatic heterocycles. The van der Waals surface area contributed by atoms with Gasteiger partial charge in [0.1, 0.15) is 0 Å². The fraction of sp³-hybridized carbons (Fsp3) is 0.500. The molecule has 0 spiro atoms. The third-order valence-corrected chi connectivity index (χ3v) is 3.69. The Morgan fingerprint density at radius 1 is 1.20 bits per heavy atom. The highest BCUT2D eigenvalue weighted by atomic mass is 16.2. The Morgan fingerprint density at radius 3 is 2.35 bits per heavy atom. The van der Waals surface area contributed by atoms with Crippen molar-refractivity contribution >= 4 is 17.5 Å². The van der Waals surface area contributed by atoms with Crippen LogP contribution in [0.4, 0.5) is 5.69 Å². The van der Waals surface area contributed by atoms with E-state index in [1.54, 1.807) is 0 Å². The predicted octanol–water partition coefficient (Wildman–Crippen LogP) is 2.70. The number of anilines is 1. The molecule has 0 saturated heterocycles. The Kier molecular flexibility index (Phi) is 4.77. The standard InChI is InChI=1S/C16H22N2O2/c1-11(2)15(19)18-14-8-6-12(7-9-14)10-17-16(20)13-4-3-5-13/h6-9,11,13H,3-5,10H2,1-2H3,(H,17,20)(H,18,19). The fourth-order valence-corrected chi connectivity index (χ4v) is 2.00. The Morgan fingerprint density at radius 2 is 1.85 bits per heavy atom. The maximum atomic E-state index is 11.7. The van der Waals surface area contributed by atoms with E-state index in [2.05, 4.69) is 10.6 Å². The lowest BCUT2D eigenvalue weighted by atomic mass is 9.85. The molecule has 20 heavy (non-hydrogen) atoms. The zero-order chi connectivity index (χ0) is 14.5. The van der Waals surface area contributed by atoms with Crippen LogP contribution in [0.25, 0.3) is 0 Å². The molecule has 1 aliphatic rings. The summed E-state index contributed by atoms with van der Waals surface area (Å²) in [4.78, 5) is 23.3. The molecule has 1 aromatic carbocycles. The van der Waals surface area contributed by atoms with Gasteiger partial charge in [-0.15, -0.1) is 0 Å². The lowest BCUT2D eigenvalue weighted by molar-refractivity contribution is -0.127. The van der Waals surface area contributed by atoms with Crippen molar-refractivity contribution in [3.8, 4) is 0 Å². The summed E-state index contributed by atoms with van der Waals surface area (Å²) in [5, 5.41) is 5.80. The first-order valence-electron chi connectivity index (χ1n) is 7.24. The molecular formula is C16H22N2O2. The first kappa shape index (κ1) is 14.6. The summed E-state index contributed by atoms with van der Waals surface area (Å²) in [5.41, 5.74) is 1.83. The summed E-state index contributed by atoms with van der Waals surface area (Å²) in [6.45, 7) is 4.27. The van der Waals surface area contributed by atoms with E-state index in [1.807, 2.05) is 38.1 Å². The van der Waals surface area contributed by atoms with Gasteiger partial charge in [-0.05, 0) is 30.5 Å². The van der Waals surface area contributed by atoms with Crippen molar-refractivity contribution in [2.75, 3.05) is 5.32 Å². The van der Waals surface area contributed by atoms with Gasteiger partial charge in [-0.25, -0.2) is 0 Å². The smallest absolute Gasteiger partial charge is 0.226 e. The highest BCUT2D eigenvalue weighted by molar-refractivity contribution is 5.92. The van der Waals surface area contributed by atoms with Crippen molar-refractivity contribution in [2.45, 2.75) is 39.7 Å². The zero-order valence-corrected chi connectivity index (χ0v) is 12.1. The molecule has 1 fully saturated rings. The molecule has 108 valence electrons. The zero-order valence-electron chi connectivity index (χ0n) is 12.1. The average Bonchev–Trinajstić information content (AvgIpc) is 2.35. The SMILES string of the molecule is CC(C)C(=O)Nc1ccc(CNC(=O)C2CCC2)cc1. The van der Waals surface area contributed by atoms with Crippen molar-refractivity contribution in [3.63, 3.8) is 0 Å². The van der Waals surface area contributed by atoms with Gasteiger partial charge in [0, 0.05) is 24.1 Å². The molecule has 0 bridgehead atoms. The minimum Gasteiger partial charge on any atom is -0.352 e. The van der Waals surface area contributed by atoms with Crippen LogP contribution in [0.1, 0.15) is 38.7 Å². The van der Waals surface area contributed by atoms with Gasteiger partial charge in [0.05, 0.1) is 0 Å². The summed E-state index contributed by atoms with van der Waals surface area (Å²) in [5.74, 6) is 0.362. The highest BCUT2D eigenvalue weighted by Gasteiger charge is 2.24. The molecule has 0 aliphatic heterocycles. The van der Waals surface area contributed by atoms with Crippen LogP contribution in [0.2, 0.25) is 0 Å². The molecule has 0 heterocycles. The van der Waals surface area contributed by atoms with Crippen LogP contribution < -0.4 is 10.6 Å². The molecular weight excluding hydrogens is 252 g/mol. The lowest BCUT2D eigenvalue weighted by Crippen LogP contribution is -2.33. The molecule has 1 saturated carbocycles. The minimum atomic E-state index is -0.0311. The van der Waals surface area contributed by atoms with Crippen LogP contribution in [0.15, 0.2) is 24.3 Å². The Bertz CT molecular complexity index is 476. The number of hydrogen-bond acceptors (Lipinski definition) is 2. The lowest BCUT2D eigenvalue weighted by Gasteiger charge is -2.24. The van der Waals surface area contributed by atoms with E-state index in [4.69, 9.17) is 0 Å². The second-order valence-electron chi connectivity index (χ2n) is 5.69. The Hall–Kier alpha value is -1.84. The molecule has 1 aliphatic carbocycles. The van der Waals surface area contributed by atoms with E-state index < -0.39 is 0 Å². The molecule has 4 nitrogen and oxygen atoms in total. The van der Waals surface area contributed by atoms with Crippen LogP contribution in [0.3, 0.4) is 0 Å². The van der Waals surface area contributed by atoms with Gasteiger partial charge in [-0.2, -0.15) is 0 Å². The number of amides is 2. The van der Waals surface area contributed by atoms with E-state index in [9.17, 15) is 9.59 Å².